The zero-order chi connectivity index (χ0) is 16.1. The smallest absolute Gasteiger partial charge is 0.255 e. The molecule has 0 radical (unpaired) electrons. The van der Waals surface area contributed by atoms with Crippen molar-refractivity contribution in [2.75, 3.05) is 13.1 Å². The van der Waals surface area contributed by atoms with Crippen molar-refractivity contribution in [1.82, 2.24) is 20.4 Å². The molecule has 1 aromatic carbocycles. The fourth-order valence-corrected chi connectivity index (χ4v) is 2.98. The number of likely N-dealkylation sites (tertiary alicyclic amines) is 1. The monoisotopic (exact) mass is 310 g/mol. The maximum Gasteiger partial charge on any atom is 0.255 e. The Balaban J connectivity index is 1.60. The van der Waals surface area contributed by atoms with E-state index in [4.69, 9.17) is 0 Å². The summed E-state index contributed by atoms with van der Waals surface area (Å²) in [5.74, 6) is 0.0589. The summed E-state index contributed by atoms with van der Waals surface area (Å²) < 4.78 is 0. The van der Waals surface area contributed by atoms with Crippen molar-refractivity contribution >= 4 is 5.91 Å². The first-order valence-corrected chi connectivity index (χ1v) is 8.09. The zero-order valence-electron chi connectivity index (χ0n) is 13.4. The minimum atomic E-state index is 0.0589. The molecule has 120 valence electrons. The van der Waals surface area contributed by atoms with Gasteiger partial charge in [-0.05, 0) is 31.4 Å². The van der Waals surface area contributed by atoms with Crippen LogP contribution in [-0.4, -0.2) is 40.1 Å². The number of aromatic nitrogens is 2. The van der Waals surface area contributed by atoms with Gasteiger partial charge in [0.1, 0.15) is 0 Å². The second-order valence-electron chi connectivity index (χ2n) is 5.99. The van der Waals surface area contributed by atoms with Gasteiger partial charge in [-0.2, -0.15) is 10.2 Å². The minimum Gasteiger partial charge on any atom is -0.337 e. The Bertz CT molecular complexity index is 659. The maximum absolute atomic E-state index is 12.7. The van der Waals surface area contributed by atoms with Gasteiger partial charge in [0.25, 0.3) is 5.91 Å². The molecule has 1 aliphatic heterocycles. The number of aryl methyl sites for hydroxylation is 1. The number of nitrogens with zero attached hydrogens (tertiary/aromatic N) is 3. The van der Waals surface area contributed by atoms with Crippen LogP contribution in [0.1, 0.15) is 34.5 Å². The largest absolute Gasteiger partial charge is 0.337 e. The van der Waals surface area contributed by atoms with Gasteiger partial charge in [-0.25, -0.2) is 0 Å². The van der Waals surface area contributed by atoms with Crippen LogP contribution >= 0.6 is 0 Å². The highest BCUT2D eigenvalue weighted by atomic mass is 16.2. The van der Waals surface area contributed by atoms with Crippen molar-refractivity contribution in [1.29, 1.82) is 0 Å². The molecule has 0 spiro atoms. The highest BCUT2D eigenvalue weighted by Crippen LogP contribution is 2.15. The Morgan fingerprint density at radius 1 is 1.30 bits per heavy atom. The number of carbonyl (C=O) groups excluding carboxylic acids is 1. The van der Waals surface area contributed by atoms with E-state index in [1.54, 1.807) is 12.3 Å². The van der Waals surface area contributed by atoms with Crippen molar-refractivity contribution in [3.63, 3.8) is 0 Å². The topological polar surface area (TPSA) is 58.1 Å². The first-order chi connectivity index (χ1) is 11.2. The molecule has 5 nitrogen and oxygen atoms in total. The minimum absolute atomic E-state index is 0.0589. The molecule has 0 aliphatic carbocycles. The third-order valence-corrected chi connectivity index (χ3v) is 4.28. The summed E-state index contributed by atoms with van der Waals surface area (Å²) in [5.41, 5.74) is 2.62. The summed E-state index contributed by atoms with van der Waals surface area (Å²) >= 11 is 0. The molecule has 0 bridgehead atoms. The molecule has 1 aliphatic rings. The third-order valence-electron chi connectivity index (χ3n) is 4.28. The van der Waals surface area contributed by atoms with Crippen molar-refractivity contribution in [3.05, 3.63) is 59.4 Å². The second kappa shape index (κ2) is 7.33. The fourth-order valence-electron chi connectivity index (χ4n) is 2.98. The number of rotatable bonds is 4. The number of nitrogens with one attached hydrogen (secondary N) is 1. The summed E-state index contributed by atoms with van der Waals surface area (Å²) in [6.45, 7) is 4.22. The molecular weight excluding hydrogens is 288 g/mol. The van der Waals surface area contributed by atoms with E-state index in [9.17, 15) is 4.79 Å². The predicted octanol–water partition coefficient (Wildman–Crippen LogP) is 2.18. The zero-order valence-corrected chi connectivity index (χ0v) is 13.4. The van der Waals surface area contributed by atoms with E-state index in [1.807, 2.05) is 30.0 Å². The number of benzene rings is 1. The van der Waals surface area contributed by atoms with Crippen LogP contribution in [-0.2, 0) is 6.54 Å². The Labute approximate surface area is 136 Å². The molecule has 0 saturated carbocycles. The van der Waals surface area contributed by atoms with Gasteiger partial charge in [0.05, 0.1) is 17.5 Å². The van der Waals surface area contributed by atoms with Crippen LogP contribution in [0, 0.1) is 6.92 Å². The molecule has 1 fully saturated rings. The van der Waals surface area contributed by atoms with Gasteiger partial charge in [-0.3, -0.25) is 4.79 Å². The molecule has 23 heavy (non-hydrogen) atoms. The van der Waals surface area contributed by atoms with Gasteiger partial charge < -0.3 is 10.2 Å². The van der Waals surface area contributed by atoms with Gasteiger partial charge in [0.15, 0.2) is 0 Å². The molecule has 1 unspecified atom stereocenters. The van der Waals surface area contributed by atoms with Crippen LogP contribution < -0.4 is 5.32 Å². The Hall–Kier alpha value is -2.27. The quantitative estimate of drug-likeness (QED) is 0.940. The third kappa shape index (κ3) is 3.93. The number of amides is 1. The number of piperidine rings is 1. The number of carbonyl (C=O) groups is 1. The van der Waals surface area contributed by atoms with Gasteiger partial charge in [-0.1, -0.05) is 30.3 Å². The van der Waals surface area contributed by atoms with Crippen LogP contribution in [0.4, 0.5) is 0 Å². The summed E-state index contributed by atoms with van der Waals surface area (Å²) in [7, 11) is 0. The average molecular weight is 310 g/mol. The summed E-state index contributed by atoms with van der Waals surface area (Å²) in [4.78, 5) is 14.6. The lowest BCUT2D eigenvalue weighted by Gasteiger charge is -2.33. The lowest BCUT2D eigenvalue weighted by atomic mass is 10.0. The van der Waals surface area contributed by atoms with Gasteiger partial charge >= 0.3 is 0 Å². The van der Waals surface area contributed by atoms with Gasteiger partial charge in [0, 0.05) is 25.7 Å². The maximum atomic E-state index is 12.7. The predicted molar refractivity (Wildman–Crippen MR) is 89.0 cm³/mol. The van der Waals surface area contributed by atoms with E-state index in [0.29, 0.717) is 17.3 Å². The first-order valence-electron chi connectivity index (χ1n) is 8.09. The van der Waals surface area contributed by atoms with Crippen molar-refractivity contribution in [2.45, 2.75) is 32.4 Å². The van der Waals surface area contributed by atoms with E-state index >= 15 is 0 Å². The number of hydrogen-bond acceptors (Lipinski definition) is 4. The highest BCUT2D eigenvalue weighted by molar-refractivity contribution is 5.95. The van der Waals surface area contributed by atoms with E-state index in [-0.39, 0.29) is 5.91 Å². The molecule has 1 atom stereocenters. The van der Waals surface area contributed by atoms with Gasteiger partial charge in [0.2, 0.25) is 0 Å². The Morgan fingerprint density at radius 3 is 2.91 bits per heavy atom. The van der Waals surface area contributed by atoms with Crippen molar-refractivity contribution in [2.24, 2.45) is 0 Å². The molecule has 5 heteroatoms. The van der Waals surface area contributed by atoms with Crippen molar-refractivity contribution < 1.29 is 4.79 Å². The van der Waals surface area contributed by atoms with E-state index in [1.165, 1.54) is 5.56 Å². The van der Waals surface area contributed by atoms with Crippen molar-refractivity contribution in [3.8, 4) is 0 Å². The molecular formula is C18H22N4O. The SMILES string of the molecule is Cc1nnccc1C(=O)N1CCCC(NCc2ccccc2)C1. The molecule has 2 aromatic rings. The molecule has 1 N–H and O–H groups in total. The van der Waals surface area contributed by atoms with Crippen LogP contribution in [0.5, 0.6) is 0 Å². The van der Waals surface area contributed by atoms with E-state index in [0.717, 1.165) is 32.5 Å². The highest BCUT2D eigenvalue weighted by Gasteiger charge is 2.25. The molecule has 3 rings (SSSR count). The average Bonchev–Trinajstić information content (AvgIpc) is 2.61. The summed E-state index contributed by atoms with van der Waals surface area (Å²) in [5, 5.41) is 11.4. The normalized spacial score (nSPS) is 18.0. The van der Waals surface area contributed by atoms with E-state index < -0.39 is 0 Å². The fraction of sp³-hybridized carbons (Fsp3) is 0.389. The lowest BCUT2D eigenvalue weighted by molar-refractivity contribution is 0.0692. The Kier molecular flexibility index (Phi) is 4.98. The number of hydrogen-bond donors (Lipinski definition) is 1. The van der Waals surface area contributed by atoms with Crippen LogP contribution in [0.25, 0.3) is 0 Å². The standard InChI is InChI=1S/C18H22N4O/c1-14-17(9-10-20-21-14)18(23)22-11-5-8-16(13-22)19-12-15-6-3-2-4-7-15/h2-4,6-7,9-10,16,19H,5,8,11-13H2,1H3. The van der Waals surface area contributed by atoms with Crippen LogP contribution in [0.15, 0.2) is 42.6 Å². The summed E-state index contributed by atoms with van der Waals surface area (Å²) in [6.07, 6.45) is 3.70. The van der Waals surface area contributed by atoms with E-state index in [2.05, 4.69) is 27.6 Å². The second-order valence-corrected chi connectivity index (χ2v) is 5.99. The van der Waals surface area contributed by atoms with Crippen LogP contribution in [0.2, 0.25) is 0 Å². The molecule has 2 heterocycles. The van der Waals surface area contributed by atoms with Crippen LogP contribution in [0.3, 0.4) is 0 Å². The van der Waals surface area contributed by atoms with Gasteiger partial charge in [-0.15, -0.1) is 0 Å². The lowest BCUT2D eigenvalue weighted by Crippen LogP contribution is -2.48. The molecule has 1 saturated heterocycles. The molecule has 1 aromatic heterocycles. The first kappa shape index (κ1) is 15.6. The Morgan fingerprint density at radius 2 is 2.13 bits per heavy atom. The summed E-state index contributed by atoms with van der Waals surface area (Å²) in [6, 6.07) is 12.4. The molecule has 1 amide bonds.